The molecule has 0 saturated carbocycles. The van der Waals surface area contributed by atoms with Gasteiger partial charge in [-0.1, -0.05) is 26.0 Å². The van der Waals surface area contributed by atoms with Crippen molar-refractivity contribution in [2.24, 2.45) is 5.92 Å². The molecule has 0 bridgehead atoms. The summed E-state index contributed by atoms with van der Waals surface area (Å²) >= 11 is 0. The van der Waals surface area contributed by atoms with Crippen LogP contribution in [0.25, 0.3) is 0 Å². The van der Waals surface area contributed by atoms with Gasteiger partial charge in [-0.2, -0.15) is 0 Å². The molecule has 0 aliphatic carbocycles. The number of ether oxygens (including phenoxy) is 1. The molecule has 17 heavy (non-hydrogen) atoms. The molecule has 0 aliphatic heterocycles. The third-order valence-electron chi connectivity index (χ3n) is 2.39. The fraction of sp³-hybridized carbons (Fsp3) is 0.462. The number of carboxylic acids is 1. The van der Waals surface area contributed by atoms with E-state index in [1.807, 2.05) is 0 Å². The minimum Gasteiger partial charge on any atom is -0.494 e. The SMILES string of the molecule is CC(C)CCOc1ccc(C(O)C(=O)O)cc1. The zero-order valence-corrected chi connectivity index (χ0v) is 10.1. The Labute approximate surface area is 101 Å². The summed E-state index contributed by atoms with van der Waals surface area (Å²) in [5, 5.41) is 17.9. The van der Waals surface area contributed by atoms with E-state index in [9.17, 15) is 9.90 Å². The zero-order chi connectivity index (χ0) is 12.8. The first-order chi connectivity index (χ1) is 8.00. The van der Waals surface area contributed by atoms with Gasteiger partial charge < -0.3 is 14.9 Å². The molecule has 1 atom stereocenters. The van der Waals surface area contributed by atoms with Gasteiger partial charge in [0.1, 0.15) is 5.75 Å². The first-order valence-electron chi connectivity index (χ1n) is 5.64. The third kappa shape index (κ3) is 4.44. The molecule has 4 nitrogen and oxygen atoms in total. The molecule has 94 valence electrons. The van der Waals surface area contributed by atoms with Crippen molar-refractivity contribution in [2.75, 3.05) is 6.61 Å². The smallest absolute Gasteiger partial charge is 0.337 e. The molecule has 0 radical (unpaired) electrons. The largest absolute Gasteiger partial charge is 0.494 e. The number of benzene rings is 1. The van der Waals surface area contributed by atoms with Gasteiger partial charge in [0.2, 0.25) is 0 Å². The highest BCUT2D eigenvalue weighted by Crippen LogP contribution is 2.18. The molecular weight excluding hydrogens is 220 g/mol. The van der Waals surface area contributed by atoms with Crippen LogP contribution in [0, 0.1) is 5.92 Å². The average Bonchev–Trinajstić information content (AvgIpc) is 2.28. The number of hydrogen-bond acceptors (Lipinski definition) is 3. The molecule has 0 spiro atoms. The van der Waals surface area contributed by atoms with E-state index in [1.165, 1.54) is 0 Å². The van der Waals surface area contributed by atoms with Gasteiger partial charge in [0.15, 0.2) is 6.10 Å². The van der Waals surface area contributed by atoms with Crippen LogP contribution in [0.2, 0.25) is 0 Å². The first-order valence-corrected chi connectivity index (χ1v) is 5.64. The highest BCUT2D eigenvalue weighted by Gasteiger charge is 2.15. The number of carboxylic acid groups (broad SMARTS) is 1. The lowest BCUT2D eigenvalue weighted by Crippen LogP contribution is -2.10. The molecule has 0 saturated heterocycles. The number of aliphatic carboxylic acids is 1. The van der Waals surface area contributed by atoms with Gasteiger partial charge in [0.05, 0.1) is 6.61 Å². The molecule has 0 aliphatic rings. The van der Waals surface area contributed by atoms with Gasteiger partial charge in [-0.3, -0.25) is 0 Å². The van der Waals surface area contributed by atoms with Crippen molar-refractivity contribution in [3.05, 3.63) is 29.8 Å². The lowest BCUT2D eigenvalue weighted by Gasteiger charge is -2.09. The lowest BCUT2D eigenvalue weighted by molar-refractivity contribution is -0.146. The van der Waals surface area contributed by atoms with Crippen molar-refractivity contribution in [2.45, 2.75) is 26.4 Å². The minimum atomic E-state index is -1.47. The number of carbonyl (C=O) groups is 1. The number of hydrogen-bond donors (Lipinski definition) is 2. The summed E-state index contributed by atoms with van der Waals surface area (Å²) in [6, 6.07) is 6.45. The van der Waals surface area contributed by atoms with E-state index in [-0.39, 0.29) is 0 Å². The van der Waals surface area contributed by atoms with Crippen molar-refractivity contribution in [1.82, 2.24) is 0 Å². The van der Waals surface area contributed by atoms with Crippen LogP contribution in [0.15, 0.2) is 24.3 Å². The van der Waals surface area contributed by atoms with E-state index in [0.29, 0.717) is 23.8 Å². The van der Waals surface area contributed by atoms with Gasteiger partial charge in [0, 0.05) is 0 Å². The summed E-state index contributed by atoms with van der Waals surface area (Å²) in [6.07, 6.45) is -0.501. The maximum atomic E-state index is 10.6. The van der Waals surface area contributed by atoms with Crippen LogP contribution in [-0.2, 0) is 4.79 Å². The minimum absolute atomic E-state index is 0.355. The molecule has 0 aromatic heterocycles. The maximum absolute atomic E-state index is 10.6. The predicted molar refractivity (Wildman–Crippen MR) is 64.0 cm³/mol. The van der Waals surface area contributed by atoms with Gasteiger partial charge >= 0.3 is 5.97 Å². The average molecular weight is 238 g/mol. The topological polar surface area (TPSA) is 66.8 Å². The summed E-state index contributed by atoms with van der Waals surface area (Å²) in [6.45, 7) is 4.88. The number of aliphatic hydroxyl groups is 1. The molecule has 2 N–H and O–H groups in total. The Bertz CT molecular complexity index is 356. The highest BCUT2D eigenvalue weighted by atomic mass is 16.5. The number of rotatable bonds is 6. The monoisotopic (exact) mass is 238 g/mol. The summed E-state index contributed by atoms with van der Waals surface area (Å²) in [7, 11) is 0. The second-order valence-electron chi connectivity index (χ2n) is 4.34. The summed E-state index contributed by atoms with van der Waals surface area (Å²) < 4.78 is 5.48. The van der Waals surface area contributed by atoms with Crippen molar-refractivity contribution in [3.8, 4) is 5.75 Å². The van der Waals surface area contributed by atoms with Crippen LogP contribution in [0.5, 0.6) is 5.75 Å². The van der Waals surface area contributed by atoms with Gasteiger partial charge in [-0.25, -0.2) is 4.79 Å². The Morgan fingerprint density at radius 1 is 1.29 bits per heavy atom. The molecule has 1 aromatic rings. The third-order valence-corrected chi connectivity index (χ3v) is 2.39. The van der Waals surface area contributed by atoms with Crippen molar-refractivity contribution in [3.63, 3.8) is 0 Å². The first kappa shape index (κ1) is 13.5. The molecular formula is C13H18O4. The second-order valence-corrected chi connectivity index (χ2v) is 4.34. The van der Waals surface area contributed by atoms with E-state index in [1.54, 1.807) is 24.3 Å². The Balaban J connectivity index is 2.53. The standard InChI is InChI=1S/C13H18O4/c1-9(2)7-8-17-11-5-3-10(4-6-11)12(14)13(15)16/h3-6,9,12,14H,7-8H2,1-2H3,(H,15,16). The van der Waals surface area contributed by atoms with Crippen LogP contribution in [0.4, 0.5) is 0 Å². The maximum Gasteiger partial charge on any atom is 0.337 e. The van der Waals surface area contributed by atoms with Crippen molar-refractivity contribution >= 4 is 5.97 Å². The van der Waals surface area contributed by atoms with E-state index >= 15 is 0 Å². The molecule has 1 unspecified atom stereocenters. The van der Waals surface area contributed by atoms with Crippen LogP contribution < -0.4 is 4.74 Å². The molecule has 1 rings (SSSR count). The van der Waals surface area contributed by atoms with E-state index in [2.05, 4.69) is 13.8 Å². The van der Waals surface area contributed by atoms with E-state index < -0.39 is 12.1 Å². The van der Waals surface area contributed by atoms with Gasteiger partial charge in [0.25, 0.3) is 0 Å². The summed E-state index contributed by atoms with van der Waals surface area (Å²) in [4.78, 5) is 10.6. The molecule has 0 amide bonds. The normalized spacial score (nSPS) is 12.5. The molecule has 4 heteroatoms. The molecule has 0 fully saturated rings. The van der Waals surface area contributed by atoms with Crippen LogP contribution in [0.1, 0.15) is 31.9 Å². The lowest BCUT2D eigenvalue weighted by atomic mass is 10.1. The quantitative estimate of drug-likeness (QED) is 0.797. The van der Waals surface area contributed by atoms with E-state index in [4.69, 9.17) is 9.84 Å². The Hall–Kier alpha value is -1.55. The van der Waals surface area contributed by atoms with Crippen LogP contribution in [-0.4, -0.2) is 22.8 Å². The number of aliphatic hydroxyl groups excluding tert-OH is 1. The van der Waals surface area contributed by atoms with Crippen LogP contribution >= 0.6 is 0 Å². The summed E-state index contributed by atoms with van der Waals surface area (Å²) in [5.74, 6) is 0.0218. The van der Waals surface area contributed by atoms with Gasteiger partial charge in [-0.15, -0.1) is 0 Å². The second kappa shape index (κ2) is 6.25. The summed E-state index contributed by atoms with van der Waals surface area (Å²) in [5.41, 5.74) is 0.355. The molecule has 1 aromatic carbocycles. The molecule has 0 heterocycles. The fourth-order valence-corrected chi connectivity index (χ4v) is 1.30. The van der Waals surface area contributed by atoms with Crippen molar-refractivity contribution < 1.29 is 19.7 Å². The predicted octanol–water partition coefficient (Wildman–Crippen LogP) is 2.23. The highest BCUT2D eigenvalue weighted by molar-refractivity contribution is 5.74. The Morgan fingerprint density at radius 2 is 1.88 bits per heavy atom. The van der Waals surface area contributed by atoms with Gasteiger partial charge in [-0.05, 0) is 30.0 Å². The Kier molecular flexibility index (Phi) is 4.97. The fourth-order valence-electron chi connectivity index (χ4n) is 1.30. The van der Waals surface area contributed by atoms with Crippen molar-refractivity contribution in [1.29, 1.82) is 0 Å². The Morgan fingerprint density at radius 3 is 2.35 bits per heavy atom. The van der Waals surface area contributed by atoms with E-state index in [0.717, 1.165) is 6.42 Å². The van der Waals surface area contributed by atoms with Crippen LogP contribution in [0.3, 0.4) is 0 Å². The zero-order valence-electron chi connectivity index (χ0n) is 10.1.